The number of rotatable bonds is 7. The Labute approximate surface area is 124 Å². The molecule has 6 nitrogen and oxygen atoms in total. The SMILES string of the molecule is CCOC(=O)C(C)NC(=O)c1ccc(OC)c(OCC)c1. The summed E-state index contributed by atoms with van der Waals surface area (Å²) in [5.74, 6) is 0.187. The highest BCUT2D eigenvalue weighted by atomic mass is 16.5. The monoisotopic (exact) mass is 295 g/mol. The Morgan fingerprint density at radius 2 is 1.90 bits per heavy atom. The Kier molecular flexibility index (Phi) is 6.52. The maximum absolute atomic E-state index is 12.1. The Morgan fingerprint density at radius 3 is 2.48 bits per heavy atom. The van der Waals surface area contributed by atoms with Crippen LogP contribution in [0.25, 0.3) is 0 Å². The molecule has 21 heavy (non-hydrogen) atoms. The molecule has 0 spiro atoms. The smallest absolute Gasteiger partial charge is 0.328 e. The molecule has 1 rings (SSSR count). The molecule has 0 heterocycles. The molecule has 0 aliphatic heterocycles. The second-order valence-electron chi connectivity index (χ2n) is 4.25. The fourth-order valence-electron chi connectivity index (χ4n) is 1.69. The Bertz CT molecular complexity index is 501. The first-order chi connectivity index (χ1) is 10.0. The molecular weight excluding hydrogens is 274 g/mol. The number of carbonyl (C=O) groups excluding carboxylic acids is 2. The molecule has 1 amide bonds. The van der Waals surface area contributed by atoms with Crippen LogP contribution >= 0.6 is 0 Å². The normalized spacial score (nSPS) is 11.4. The lowest BCUT2D eigenvalue weighted by molar-refractivity contribution is -0.144. The molecule has 0 saturated heterocycles. The van der Waals surface area contributed by atoms with Crippen LogP contribution < -0.4 is 14.8 Å². The molecule has 1 aromatic rings. The first-order valence-electron chi connectivity index (χ1n) is 6.81. The molecule has 0 bridgehead atoms. The molecule has 0 radical (unpaired) electrons. The van der Waals surface area contributed by atoms with Gasteiger partial charge in [-0.1, -0.05) is 0 Å². The Hall–Kier alpha value is -2.24. The topological polar surface area (TPSA) is 73.9 Å². The maximum atomic E-state index is 12.1. The number of methoxy groups -OCH3 is 1. The minimum Gasteiger partial charge on any atom is -0.493 e. The highest BCUT2D eigenvalue weighted by molar-refractivity contribution is 5.97. The number of carbonyl (C=O) groups is 2. The van der Waals surface area contributed by atoms with Gasteiger partial charge in [0.2, 0.25) is 0 Å². The minimum absolute atomic E-state index is 0.274. The second kappa shape index (κ2) is 8.14. The van der Waals surface area contributed by atoms with Crippen LogP contribution in [0.3, 0.4) is 0 Å². The lowest BCUT2D eigenvalue weighted by Gasteiger charge is -2.14. The summed E-state index contributed by atoms with van der Waals surface area (Å²) in [5.41, 5.74) is 0.385. The van der Waals surface area contributed by atoms with Gasteiger partial charge in [0.1, 0.15) is 6.04 Å². The van der Waals surface area contributed by atoms with Gasteiger partial charge in [-0.05, 0) is 39.0 Å². The van der Waals surface area contributed by atoms with Gasteiger partial charge in [0.05, 0.1) is 20.3 Å². The van der Waals surface area contributed by atoms with E-state index in [1.807, 2.05) is 6.92 Å². The lowest BCUT2D eigenvalue weighted by Crippen LogP contribution is -2.39. The fourth-order valence-corrected chi connectivity index (χ4v) is 1.69. The summed E-state index contributed by atoms with van der Waals surface area (Å²) in [6, 6.07) is 4.12. The standard InChI is InChI=1S/C15H21NO5/c1-5-20-13-9-11(7-8-12(13)19-4)14(17)16-10(3)15(18)21-6-2/h7-10H,5-6H2,1-4H3,(H,16,17). The van der Waals surface area contributed by atoms with Crippen LogP contribution in [0.4, 0.5) is 0 Å². The number of hydrogen-bond donors (Lipinski definition) is 1. The van der Waals surface area contributed by atoms with E-state index >= 15 is 0 Å². The Balaban J connectivity index is 2.82. The molecule has 1 N–H and O–H groups in total. The van der Waals surface area contributed by atoms with Crippen molar-refractivity contribution >= 4 is 11.9 Å². The van der Waals surface area contributed by atoms with Crippen LogP contribution in [0, 0.1) is 0 Å². The van der Waals surface area contributed by atoms with Gasteiger partial charge in [-0.25, -0.2) is 4.79 Å². The molecule has 0 aliphatic rings. The first kappa shape index (κ1) is 16.8. The van der Waals surface area contributed by atoms with E-state index < -0.39 is 12.0 Å². The number of amides is 1. The van der Waals surface area contributed by atoms with Crippen molar-refractivity contribution in [3.63, 3.8) is 0 Å². The highest BCUT2D eigenvalue weighted by Crippen LogP contribution is 2.28. The van der Waals surface area contributed by atoms with E-state index in [0.717, 1.165) is 0 Å². The number of nitrogens with one attached hydrogen (secondary N) is 1. The van der Waals surface area contributed by atoms with Crippen molar-refractivity contribution in [2.75, 3.05) is 20.3 Å². The third kappa shape index (κ3) is 4.66. The van der Waals surface area contributed by atoms with E-state index in [1.165, 1.54) is 7.11 Å². The van der Waals surface area contributed by atoms with Crippen molar-refractivity contribution in [2.45, 2.75) is 26.8 Å². The van der Waals surface area contributed by atoms with Crippen LogP contribution in [-0.4, -0.2) is 38.2 Å². The second-order valence-corrected chi connectivity index (χ2v) is 4.25. The Morgan fingerprint density at radius 1 is 1.19 bits per heavy atom. The van der Waals surface area contributed by atoms with Crippen molar-refractivity contribution in [1.82, 2.24) is 5.32 Å². The van der Waals surface area contributed by atoms with Crippen molar-refractivity contribution in [3.8, 4) is 11.5 Å². The first-order valence-corrected chi connectivity index (χ1v) is 6.81. The highest BCUT2D eigenvalue weighted by Gasteiger charge is 2.18. The summed E-state index contributed by atoms with van der Waals surface area (Å²) < 4.78 is 15.4. The van der Waals surface area contributed by atoms with Gasteiger partial charge in [-0.3, -0.25) is 4.79 Å². The third-order valence-corrected chi connectivity index (χ3v) is 2.71. The molecule has 1 aromatic carbocycles. The zero-order valence-corrected chi connectivity index (χ0v) is 12.8. The molecule has 1 atom stereocenters. The lowest BCUT2D eigenvalue weighted by atomic mass is 10.1. The van der Waals surface area contributed by atoms with E-state index in [4.69, 9.17) is 14.2 Å². The molecular formula is C15H21NO5. The predicted octanol–water partition coefficient (Wildman–Crippen LogP) is 1.78. The van der Waals surface area contributed by atoms with E-state index in [-0.39, 0.29) is 12.5 Å². The fraction of sp³-hybridized carbons (Fsp3) is 0.467. The van der Waals surface area contributed by atoms with Gasteiger partial charge >= 0.3 is 5.97 Å². The zero-order chi connectivity index (χ0) is 15.8. The van der Waals surface area contributed by atoms with Crippen LogP contribution in [0.2, 0.25) is 0 Å². The van der Waals surface area contributed by atoms with E-state index in [2.05, 4.69) is 5.32 Å². The predicted molar refractivity (Wildman–Crippen MR) is 77.7 cm³/mol. The van der Waals surface area contributed by atoms with Gasteiger partial charge in [0, 0.05) is 5.56 Å². The zero-order valence-electron chi connectivity index (χ0n) is 12.8. The van der Waals surface area contributed by atoms with Crippen LogP contribution in [0.15, 0.2) is 18.2 Å². The summed E-state index contributed by atoms with van der Waals surface area (Å²) in [5, 5.41) is 2.58. The van der Waals surface area contributed by atoms with Gasteiger partial charge in [-0.2, -0.15) is 0 Å². The number of hydrogen-bond acceptors (Lipinski definition) is 5. The van der Waals surface area contributed by atoms with Gasteiger partial charge in [0.15, 0.2) is 11.5 Å². The summed E-state index contributed by atoms with van der Waals surface area (Å²) in [7, 11) is 1.53. The van der Waals surface area contributed by atoms with E-state index in [9.17, 15) is 9.59 Å². The van der Waals surface area contributed by atoms with Gasteiger partial charge in [0.25, 0.3) is 5.91 Å². The van der Waals surface area contributed by atoms with Gasteiger partial charge in [-0.15, -0.1) is 0 Å². The van der Waals surface area contributed by atoms with Crippen molar-refractivity contribution in [2.24, 2.45) is 0 Å². The average molecular weight is 295 g/mol. The van der Waals surface area contributed by atoms with E-state index in [0.29, 0.717) is 23.7 Å². The average Bonchev–Trinajstić information content (AvgIpc) is 2.47. The largest absolute Gasteiger partial charge is 0.493 e. The summed E-state index contributed by atoms with van der Waals surface area (Å²) >= 11 is 0. The summed E-state index contributed by atoms with van der Waals surface area (Å²) in [4.78, 5) is 23.6. The van der Waals surface area contributed by atoms with Crippen LogP contribution in [-0.2, 0) is 9.53 Å². The number of benzene rings is 1. The van der Waals surface area contributed by atoms with E-state index in [1.54, 1.807) is 32.0 Å². The molecule has 1 unspecified atom stereocenters. The van der Waals surface area contributed by atoms with Crippen molar-refractivity contribution < 1.29 is 23.8 Å². The van der Waals surface area contributed by atoms with Crippen LogP contribution in [0.1, 0.15) is 31.1 Å². The molecule has 0 aromatic heterocycles. The molecule has 0 aliphatic carbocycles. The number of esters is 1. The van der Waals surface area contributed by atoms with Crippen LogP contribution in [0.5, 0.6) is 11.5 Å². The maximum Gasteiger partial charge on any atom is 0.328 e. The third-order valence-electron chi connectivity index (χ3n) is 2.71. The number of ether oxygens (including phenoxy) is 3. The molecule has 0 saturated carbocycles. The molecule has 0 fully saturated rings. The van der Waals surface area contributed by atoms with Crippen molar-refractivity contribution in [3.05, 3.63) is 23.8 Å². The van der Waals surface area contributed by atoms with Gasteiger partial charge < -0.3 is 19.5 Å². The summed E-state index contributed by atoms with van der Waals surface area (Å²) in [6.45, 7) is 5.86. The quantitative estimate of drug-likeness (QED) is 0.776. The minimum atomic E-state index is -0.713. The molecule has 116 valence electrons. The molecule has 6 heteroatoms. The van der Waals surface area contributed by atoms with Crippen molar-refractivity contribution in [1.29, 1.82) is 0 Å². The summed E-state index contributed by atoms with van der Waals surface area (Å²) in [6.07, 6.45) is 0.